The summed E-state index contributed by atoms with van der Waals surface area (Å²) in [5.74, 6) is 1.84. The van der Waals surface area contributed by atoms with Crippen LogP contribution in [0.15, 0.2) is 34.1 Å². The van der Waals surface area contributed by atoms with Gasteiger partial charge in [-0.25, -0.2) is 0 Å². The monoisotopic (exact) mass is 346 g/mol. The second kappa shape index (κ2) is 6.45. The molecule has 5 heteroatoms. The van der Waals surface area contributed by atoms with E-state index in [9.17, 15) is 0 Å². The Morgan fingerprint density at radius 1 is 1.28 bits per heavy atom. The van der Waals surface area contributed by atoms with Gasteiger partial charge < -0.3 is 9.47 Å². The van der Waals surface area contributed by atoms with Crippen molar-refractivity contribution >= 4 is 38.9 Å². The molecule has 0 spiro atoms. The highest BCUT2D eigenvalue weighted by atomic mass is 79.9. The zero-order valence-corrected chi connectivity index (χ0v) is 12.9. The predicted molar refractivity (Wildman–Crippen MR) is 78.9 cm³/mol. The van der Waals surface area contributed by atoms with Crippen molar-refractivity contribution in [2.24, 2.45) is 0 Å². The van der Waals surface area contributed by atoms with Crippen molar-refractivity contribution in [3.63, 3.8) is 0 Å². The van der Waals surface area contributed by atoms with Crippen LogP contribution >= 0.6 is 38.9 Å². The molecule has 0 aliphatic carbocycles. The lowest BCUT2D eigenvalue weighted by atomic mass is 10.2. The zero-order chi connectivity index (χ0) is 13.0. The smallest absolute Gasteiger partial charge is 0.166 e. The Morgan fingerprint density at radius 2 is 2.11 bits per heavy atom. The molecule has 1 aromatic heterocycles. The number of hydrogen-bond acceptors (Lipinski definition) is 3. The van der Waals surface area contributed by atoms with Crippen LogP contribution in [-0.4, -0.2) is 7.11 Å². The van der Waals surface area contributed by atoms with Crippen LogP contribution < -0.4 is 9.47 Å². The number of alkyl halides is 1. The van der Waals surface area contributed by atoms with Crippen LogP contribution in [0.3, 0.4) is 0 Å². The first kappa shape index (κ1) is 13.7. The third-order valence-corrected chi connectivity index (χ3v) is 4.30. The van der Waals surface area contributed by atoms with Gasteiger partial charge in [0.2, 0.25) is 0 Å². The van der Waals surface area contributed by atoms with E-state index in [0.29, 0.717) is 18.2 Å². The summed E-state index contributed by atoms with van der Waals surface area (Å²) in [4.78, 5) is 1.15. The number of ether oxygens (including phenoxy) is 2. The Kier molecular flexibility index (Phi) is 4.92. The van der Waals surface area contributed by atoms with E-state index in [1.54, 1.807) is 18.4 Å². The number of thiophene rings is 1. The third kappa shape index (κ3) is 3.19. The van der Waals surface area contributed by atoms with Crippen LogP contribution in [-0.2, 0) is 12.5 Å². The first-order valence-electron chi connectivity index (χ1n) is 5.33. The number of hydrogen-bond donors (Lipinski definition) is 0. The molecule has 18 heavy (non-hydrogen) atoms. The minimum Gasteiger partial charge on any atom is -0.493 e. The van der Waals surface area contributed by atoms with Crippen molar-refractivity contribution < 1.29 is 9.47 Å². The minimum absolute atomic E-state index is 0.403. The molecule has 96 valence electrons. The van der Waals surface area contributed by atoms with Crippen molar-refractivity contribution in [3.05, 3.63) is 44.6 Å². The van der Waals surface area contributed by atoms with Crippen LogP contribution in [0.25, 0.3) is 0 Å². The van der Waals surface area contributed by atoms with Crippen LogP contribution in [0, 0.1) is 0 Å². The van der Waals surface area contributed by atoms with E-state index in [1.165, 1.54) is 0 Å². The fraction of sp³-hybridized carbons (Fsp3) is 0.231. The van der Waals surface area contributed by atoms with Gasteiger partial charge in [0.25, 0.3) is 0 Å². The van der Waals surface area contributed by atoms with Crippen LogP contribution in [0.4, 0.5) is 0 Å². The maximum atomic E-state index is 5.91. The molecule has 0 bridgehead atoms. The molecule has 0 N–H and O–H groups in total. The molecular weight excluding hydrogens is 336 g/mol. The number of methoxy groups -OCH3 is 1. The van der Waals surface area contributed by atoms with E-state index < -0.39 is 0 Å². The van der Waals surface area contributed by atoms with Crippen LogP contribution in [0.2, 0.25) is 0 Å². The van der Waals surface area contributed by atoms with Gasteiger partial charge in [-0.3, -0.25) is 0 Å². The molecule has 0 unspecified atom stereocenters. The molecule has 0 radical (unpaired) electrons. The van der Waals surface area contributed by atoms with Crippen molar-refractivity contribution in [2.45, 2.75) is 12.5 Å². The summed E-state index contributed by atoms with van der Waals surface area (Å²) in [6.07, 6.45) is 0. The van der Waals surface area contributed by atoms with Crippen molar-refractivity contribution in [3.8, 4) is 11.5 Å². The van der Waals surface area contributed by atoms with Crippen LogP contribution in [0.5, 0.6) is 11.5 Å². The van der Waals surface area contributed by atoms with Gasteiger partial charge in [-0.2, -0.15) is 0 Å². The molecule has 0 amide bonds. The molecule has 0 saturated heterocycles. The molecule has 0 aliphatic heterocycles. The molecule has 0 fully saturated rings. The molecule has 2 nitrogen and oxygen atoms in total. The molecule has 2 rings (SSSR count). The lowest BCUT2D eigenvalue weighted by Gasteiger charge is -2.13. The first-order chi connectivity index (χ1) is 8.74. The van der Waals surface area contributed by atoms with Gasteiger partial charge in [-0.05, 0) is 34.1 Å². The Hall–Kier alpha value is -0.710. The van der Waals surface area contributed by atoms with E-state index in [4.69, 9.17) is 21.1 Å². The highest BCUT2D eigenvalue weighted by Gasteiger charge is 2.10. The second-order valence-electron chi connectivity index (χ2n) is 3.58. The third-order valence-electron chi connectivity index (χ3n) is 2.41. The van der Waals surface area contributed by atoms with Crippen molar-refractivity contribution in [2.75, 3.05) is 7.11 Å². The summed E-state index contributed by atoms with van der Waals surface area (Å²) in [6.45, 7) is 0.514. The molecule has 0 saturated carbocycles. The average Bonchev–Trinajstić information content (AvgIpc) is 2.81. The van der Waals surface area contributed by atoms with E-state index in [1.807, 2.05) is 30.3 Å². The Morgan fingerprint density at radius 3 is 2.72 bits per heavy atom. The van der Waals surface area contributed by atoms with Gasteiger partial charge >= 0.3 is 0 Å². The molecule has 1 aromatic carbocycles. The summed E-state index contributed by atoms with van der Waals surface area (Å²) >= 11 is 11.0. The lowest BCUT2D eigenvalue weighted by molar-refractivity contribution is 0.285. The summed E-state index contributed by atoms with van der Waals surface area (Å²) in [5.41, 5.74) is 0.937. The van der Waals surface area contributed by atoms with E-state index in [-0.39, 0.29) is 0 Å². The topological polar surface area (TPSA) is 18.5 Å². The van der Waals surface area contributed by atoms with Crippen molar-refractivity contribution in [1.82, 2.24) is 0 Å². The fourth-order valence-corrected chi connectivity index (χ4v) is 3.17. The maximum Gasteiger partial charge on any atom is 0.166 e. The first-order valence-corrected chi connectivity index (χ1v) is 7.48. The standard InChI is InChI=1S/C13H12BrClO2S/c1-16-11-4-2-3-9(7-15)13(11)17-8-10-5-6-12(14)18-10/h2-6H,7-8H2,1H3. The Labute approximate surface area is 124 Å². The van der Waals surface area contributed by atoms with E-state index in [2.05, 4.69) is 15.9 Å². The quantitative estimate of drug-likeness (QED) is 0.721. The van der Waals surface area contributed by atoms with Gasteiger partial charge in [0, 0.05) is 10.4 Å². The lowest BCUT2D eigenvalue weighted by Crippen LogP contribution is -1.99. The number of para-hydroxylation sites is 1. The summed E-state index contributed by atoms with van der Waals surface area (Å²) in [7, 11) is 1.63. The Bertz CT molecular complexity index is 505. The molecule has 2 aromatic rings. The van der Waals surface area contributed by atoms with E-state index in [0.717, 1.165) is 20.0 Å². The van der Waals surface area contributed by atoms with Gasteiger partial charge in [0.1, 0.15) is 6.61 Å². The average molecular weight is 348 g/mol. The number of halogens is 2. The summed E-state index contributed by atoms with van der Waals surface area (Å²) in [5, 5.41) is 0. The van der Waals surface area contributed by atoms with Gasteiger partial charge in [-0.1, -0.05) is 12.1 Å². The van der Waals surface area contributed by atoms with Gasteiger partial charge in [-0.15, -0.1) is 22.9 Å². The zero-order valence-electron chi connectivity index (χ0n) is 9.78. The second-order valence-corrected chi connectivity index (χ2v) is 6.39. The highest BCUT2D eigenvalue weighted by molar-refractivity contribution is 9.11. The number of rotatable bonds is 5. The van der Waals surface area contributed by atoms with Crippen LogP contribution in [0.1, 0.15) is 10.4 Å². The maximum absolute atomic E-state index is 5.91. The highest BCUT2D eigenvalue weighted by Crippen LogP contribution is 2.33. The minimum atomic E-state index is 0.403. The summed E-state index contributed by atoms with van der Waals surface area (Å²) < 4.78 is 12.2. The SMILES string of the molecule is COc1cccc(CCl)c1OCc1ccc(Br)s1. The van der Waals surface area contributed by atoms with Gasteiger partial charge in [0.05, 0.1) is 16.8 Å². The largest absolute Gasteiger partial charge is 0.493 e. The Balaban J connectivity index is 2.17. The van der Waals surface area contributed by atoms with Crippen molar-refractivity contribution in [1.29, 1.82) is 0 Å². The molecule has 0 aliphatic rings. The number of benzene rings is 1. The normalized spacial score (nSPS) is 10.4. The molecule has 0 atom stereocenters. The van der Waals surface area contributed by atoms with Gasteiger partial charge in [0.15, 0.2) is 11.5 Å². The molecular formula is C13H12BrClO2S. The fourth-order valence-electron chi connectivity index (χ4n) is 1.56. The summed E-state index contributed by atoms with van der Waals surface area (Å²) in [6, 6.07) is 9.76. The van der Waals surface area contributed by atoms with E-state index >= 15 is 0 Å². The molecule has 1 heterocycles. The predicted octanol–water partition coefficient (Wildman–Crippen LogP) is 4.84.